The summed E-state index contributed by atoms with van der Waals surface area (Å²) in [6, 6.07) is 7.23. The van der Waals surface area contributed by atoms with Gasteiger partial charge in [-0.15, -0.1) is 0 Å². The number of aryl methyl sites for hydroxylation is 1. The maximum absolute atomic E-state index is 11.9. The molecule has 2 amide bonds. The molecule has 0 radical (unpaired) electrons. The Morgan fingerprint density at radius 2 is 1.79 bits per heavy atom. The smallest absolute Gasteiger partial charge is 0.313 e. The monoisotopic (exact) mass is 353 g/mol. The quantitative estimate of drug-likeness (QED) is 0.780. The van der Waals surface area contributed by atoms with Gasteiger partial charge >= 0.3 is 11.8 Å². The molecule has 1 saturated heterocycles. The second kappa shape index (κ2) is 7.76. The van der Waals surface area contributed by atoms with Crippen molar-refractivity contribution in [3.8, 4) is 0 Å². The van der Waals surface area contributed by atoms with E-state index in [9.17, 15) is 18.0 Å². The molecular formula is C16H23N3O4S. The highest BCUT2D eigenvalue weighted by Gasteiger charge is 2.25. The third-order valence-electron chi connectivity index (χ3n) is 4.19. The van der Waals surface area contributed by atoms with E-state index >= 15 is 0 Å². The Hall–Kier alpha value is -1.93. The van der Waals surface area contributed by atoms with E-state index in [0.29, 0.717) is 38.2 Å². The fraction of sp³-hybridized carbons (Fsp3) is 0.500. The van der Waals surface area contributed by atoms with Gasteiger partial charge in [0.15, 0.2) is 0 Å². The third-order valence-corrected chi connectivity index (χ3v) is 5.50. The molecule has 0 spiro atoms. The van der Waals surface area contributed by atoms with E-state index in [1.165, 1.54) is 10.6 Å². The Labute approximate surface area is 142 Å². The molecule has 0 saturated carbocycles. The van der Waals surface area contributed by atoms with Gasteiger partial charge in [-0.1, -0.05) is 18.2 Å². The molecule has 0 unspecified atom stereocenters. The van der Waals surface area contributed by atoms with Gasteiger partial charge < -0.3 is 10.6 Å². The van der Waals surface area contributed by atoms with Gasteiger partial charge in [0.2, 0.25) is 10.0 Å². The molecule has 0 aromatic heterocycles. The van der Waals surface area contributed by atoms with Crippen LogP contribution in [0.4, 0.5) is 5.69 Å². The van der Waals surface area contributed by atoms with Gasteiger partial charge in [-0.2, -0.15) is 0 Å². The molecule has 132 valence electrons. The fourth-order valence-electron chi connectivity index (χ4n) is 2.65. The summed E-state index contributed by atoms with van der Waals surface area (Å²) in [6.07, 6.45) is 2.55. The molecule has 1 fully saturated rings. The first kappa shape index (κ1) is 18.4. The van der Waals surface area contributed by atoms with Gasteiger partial charge in [0.1, 0.15) is 0 Å². The van der Waals surface area contributed by atoms with Crippen molar-refractivity contribution < 1.29 is 18.0 Å². The van der Waals surface area contributed by atoms with Crippen LogP contribution in [0.1, 0.15) is 18.4 Å². The standard InChI is InChI=1S/C16H23N3O4S/c1-12-5-3-4-6-14(12)18-16(21)15(20)17-11-13-7-9-19(10-8-13)24(2,22)23/h3-6,13H,7-11H2,1-2H3,(H,17,20)(H,18,21). The van der Waals surface area contributed by atoms with E-state index in [1.807, 2.05) is 19.1 Å². The summed E-state index contributed by atoms with van der Waals surface area (Å²) in [5.41, 5.74) is 1.49. The minimum Gasteiger partial charge on any atom is -0.348 e. The Morgan fingerprint density at radius 1 is 1.17 bits per heavy atom. The van der Waals surface area contributed by atoms with E-state index in [4.69, 9.17) is 0 Å². The van der Waals surface area contributed by atoms with E-state index in [0.717, 1.165) is 5.56 Å². The van der Waals surface area contributed by atoms with Crippen molar-refractivity contribution in [2.45, 2.75) is 19.8 Å². The highest BCUT2D eigenvalue weighted by atomic mass is 32.2. The van der Waals surface area contributed by atoms with E-state index in [-0.39, 0.29) is 5.92 Å². The Kier molecular flexibility index (Phi) is 5.95. The number of piperidine rings is 1. The number of hydrogen-bond donors (Lipinski definition) is 2. The molecular weight excluding hydrogens is 330 g/mol. The first-order valence-electron chi connectivity index (χ1n) is 7.87. The van der Waals surface area contributed by atoms with Crippen LogP contribution in [0, 0.1) is 12.8 Å². The lowest BCUT2D eigenvalue weighted by molar-refractivity contribution is -0.136. The van der Waals surface area contributed by atoms with Crippen LogP contribution in [0.2, 0.25) is 0 Å². The molecule has 0 bridgehead atoms. The van der Waals surface area contributed by atoms with Crippen molar-refractivity contribution in [3.63, 3.8) is 0 Å². The first-order chi connectivity index (χ1) is 11.3. The lowest BCUT2D eigenvalue weighted by Crippen LogP contribution is -2.43. The number of rotatable bonds is 4. The maximum atomic E-state index is 11.9. The van der Waals surface area contributed by atoms with E-state index < -0.39 is 21.8 Å². The molecule has 0 aliphatic carbocycles. The molecule has 1 aromatic carbocycles. The summed E-state index contributed by atoms with van der Waals surface area (Å²) in [5, 5.41) is 5.21. The van der Waals surface area contributed by atoms with Crippen LogP contribution in [0.25, 0.3) is 0 Å². The average molecular weight is 353 g/mol. The summed E-state index contributed by atoms with van der Waals surface area (Å²) in [6.45, 7) is 3.13. The van der Waals surface area contributed by atoms with Crippen LogP contribution < -0.4 is 10.6 Å². The number of sulfonamides is 1. The predicted octanol–water partition coefficient (Wildman–Crippen LogP) is 0.721. The molecule has 7 nitrogen and oxygen atoms in total. The number of benzene rings is 1. The summed E-state index contributed by atoms with van der Waals surface area (Å²) in [5.74, 6) is -1.19. The molecule has 24 heavy (non-hydrogen) atoms. The Balaban J connectivity index is 1.77. The van der Waals surface area contributed by atoms with Crippen molar-refractivity contribution in [1.29, 1.82) is 0 Å². The molecule has 0 atom stereocenters. The average Bonchev–Trinajstić information content (AvgIpc) is 2.54. The number of carbonyl (C=O) groups is 2. The number of hydrogen-bond acceptors (Lipinski definition) is 4. The molecule has 1 aliphatic rings. The van der Waals surface area contributed by atoms with Gasteiger partial charge in [-0.3, -0.25) is 9.59 Å². The Bertz CT molecular complexity index is 710. The van der Waals surface area contributed by atoms with Gasteiger partial charge in [0.25, 0.3) is 0 Å². The minimum atomic E-state index is -3.15. The van der Waals surface area contributed by atoms with Crippen LogP contribution in [-0.4, -0.2) is 50.4 Å². The van der Waals surface area contributed by atoms with Crippen LogP contribution >= 0.6 is 0 Å². The van der Waals surface area contributed by atoms with Gasteiger partial charge in [-0.25, -0.2) is 12.7 Å². The van der Waals surface area contributed by atoms with Crippen molar-refractivity contribution in [1.82, 2.24) is 9.62 Å². The number of nitrogens with zero attached hydrogens (tertiary/aromatic N) is 1. The number of para-hydroxylation sites is 1. The van der Waals surface area contributed by atoms with Crippen LogP contribution in [0.15, 0.2) is 24.3 Å². The van der Waals surface area contributed by atoms with Crippen molar-refractivity contribution in [2.75, 3.05) is 31.2 Å². The minimum absolute atomic E-state index is 0.179. The molecule has 1 aromatic rings. The number of carbonyl (C=O) groups excluding carboxylic acids is 2. The molecule has 1 heterocycles. The second-order valence-electron chi connectivity index (χ2n) is 6.08. The van der Waals surface area contributed by atoms with Gasteiger partial charge in [0, 0.05) is 25.3 Å². The number of amides is 2. The summed E-state index contributed by atoms with van der Waals surface area (Å²) < 4.78 is 24.3. The van der Waals surface area contributed by atoms with E-state index in [2.05, 4.69) is 10.6 Å². The molecule has 1 aliphatic heterocycles. The summed E-state index contributed by atoms with van der Waals surface area (Å²) >= 11 is 0. The normalized spacial score (nSPS) is 16.6. The lowest BCUT2D eigenvalue weighted by Gasteiger charge is -2.30. The van der Waals surface area contributed by atoms with Gasteiger partial charge in [0.05, 0.1) is 6.26 Å². The van der Waals surface area contributed by atoms with Gasteiger partial charge in [-0.05, 0) is 37.3 Å². The summed E-state index contributed by atoms with van der Waals surface area (Å²) in [4.78, 5) is 23.8. The molecule has 2 rings (SSSR count). The lowest BCUT2D eigenvalue weighted by atomic mass is 9.98. The van der Waals surface area contributed by atoms with Crippen molar-refractivity contribution in [3.05, 3.63) is 29.8 Å². The Morgan fingerprint density at radius 3 is 2.38 bits per heavy atom. The first-order valence-corrected chi connectivity index (χ1v) is 9.72. The third kappa shape index (κ3) is 5.04. The van der Waals surface area contributed by atoms with Crippen molar-refractivity contribution >= 4 is 27.5 Å². The molecule has 8 heteroatoms. The zero-order valence-corrected chi connectivity index (χ0v) is 14.7. The van der Waals surface area contributed by atoms with Crippen molar-refractivity contribution in [2.24, 2.45) is 5.92 Å². The number of nitrogens with one attached hydrogen (secondary N) is 2. The topological polar surface area (TPSA) is 95.6 Å². The van der Waals surface area contributed by atoms with Crippen LogP contribution in [-0.2, 0) is 19.6 Å². The van der Waals surface area contributed by atoms with Crippen LogP contribution in [0.5, 0.6) is 0 Å². The van der Waals surface area contributed by atoms with E-state index in [1.54, 1.807) is 12.1 Å². The maximum Gasteiger partial charge on any atom is 0.313 e. The zero-order valence-electron chi connectivity index (χ0n) is 13.9. The fourth-order valence-corrected chi connectivity index (χ4v) is 3.53. The van der Waals surface area contributed by atoms with Crippen LogP contribution in [0.3, 0.4) is 0 Å². The highest BCUT2D eigenvalue weighted by Crippen LogP contribution is 2.18. The molecule has 2 N–H and O–H groups in total. The second-order valence-corrected chi connectivity index (χ2v) is 8.07. The SMILES string of the molecule is Cc1ccccc1NC(=O)C(=O)NCC1CCN(S(C)(=O)=O)CC1. The highest BCUT2D eigenvalue weighted by molar-refractivity contribution is 7.88. The predicted molar refractivity (Wildman–Crippen MR) is 92.0 cm³/mol. The largest absolute Gasteiger partial charge is 0.348 e. The number of anilines is 1. The summed E-state index contributed by atoms with van der Waals surface area (Å²) in [7, 11) is -3.15. The zero-order chi connectivity index (χ0) is 17.7.